The van der Waals surface area contributed by atoms with Crippen LogP contribution in [0, 0.1) is 11.8 Å². The molecule has 3 unspecified atom stereocenters. The number of hydrogen-bond donors (Lipinski definition) is 2. The third-order valence-corrected chi connectivity index (χ3v) is 7.32. The van der Waals surface area contributed by atoms with Gasteiger partial charge in [0.25, 0.3) is 0 Å². The molecule has 4 rings (SSSR count). The minimum atomic E-state index is -1.00. The molecule has 3 atom stereocenters. The number of benzene rings is 2. The highest BCUT2D eigenvalue weighted by molar-refractivity contribution is 5.92. The first-order valence-electron chi connectivity index (χ1n) is 11.8. The molecule has 0 amide bonds. The fourth-order valence-electron chi connectivity index (χ4n) is 5.67. The first kappa shape index (κ1) is 21.6. The van der Waals surface area contributed by atoms with Crippen molar-refractivity contribution in [2.24, 2.45) is 11.8 Å². The van der Waals surface area contributed by atoms with Crippen LogP contribution in [0.1, 0.15) is 57.4 Å². The van der Waals surface area contributed by atoms with Crippen LogP contribution in [0.2, 0.25) is 0 Å². The summed E-state index contributed by atoms with van der Waals surface area (Å²) in [5.41, 5.74) is -0.0427. The Morgan fingerprint density at radius 2 is 1.87 bits per heavy atom. The average molecular weight is 412 g/mol. The third kappa shape index (κ3) is 4.23. The second kappa shape index (κ2) is 9.67. The molecule has 1 aliphatic heterocycles. The van der Waals surface area contributed by atoms with Crippen LogP contribution in [0.5, 0.6) is 5.75 Å². The molecule has 1 saturated carbocycles. The predicted molar refractivity (Wildman–Crippen MR) is 122 cm³/mol. The summed E-state index contributed by atoms with van der Waals surface area (Å²) in [4.78, 5) is 0. The summed E-state index contributed by atoms with van der Waals surface area (Å²) in [7, 11) is 1.71. The zero-order chi connectivity index (χ0) is 21.0. The van der Waals surface area contributed by atoms with Crippen LogP contribution in [0.4, 0.5) is 0 Å². The molecule has 164 valence electrons. The van der Waals surface area contributed by atoms with Gasteiger partial charge in [0.05, 0.1) is 19.8 Å². The minimum absolute atomic E-state index is 0.170. The molecule has 2 aliphatic rings. The summed E-state index contributed by atoms with van der Waals surface area (Å²) in [6.07, 6.45) is 8.15. The lowest BCUT2D eigenvalue weighted by Gasteiger charge is -2.39. The summed E-state index contributed by atoms with van der Waals surface area (Å²) in [6.45, 7) is 4.54. The van der Waals surface area contributed by atoms with Crippen LogP contribution >= 0.6 is 0 Å². The van der Waals surface area contributed by atoms with Crippen molar-refractivity contribution in [3.63, 3.8) is 0 Å². The smallest absolute Gasteiger partial charge is 0.127 e. The van der Waals surface area contributed by atoms with E-state index in [1.807, 2.05) is 12.1 Å². The lowest BCUT2D eigenvalue weighted by molar-refractivity contribution is -0.123. The monoisotopic (exact) mass is 411 g/mol. The fourth-order valence-corrected chi connectivity index (χ4v) is 5.67. The zero-order valence-corrected chi connectivity index (χ0v) is 18.5. The maximum atomic E-state index is 12.2. The Morgan fingerprint density at radius 3 is 2.60 bits per heavy atom. The second-order valence-corrected chi connectivity index (χ2v) is 9.16. The molecule has 2 aromatic rings. The number of aliphatic hydroxyl groups is 1. The van der Waals surface area contributed by atoms with Crippen molar-refractivity contribution in [2.45, 2.75) is 63.6 Å². The second-order valence-electron chi connectivity index (χ2n) is 9.16. The molecule has 0 bridgehead atoms. The van der Waals surface area contributed by atoms with Crippen molar-refractivity contribution in [1.29, 1.82) is 0 Å². The SMILES string of the molecule is CCCC1CCNCC1OCC(O)(c1cccc2cccc(OC)c12)C1CCCC1. The molecular formula is C26H37NO3. The van der Waals surface area contributed by atoms with Crippen molar-refractivity contribution in [3.8, 4) is 5.75 Å². The Labute approximate surface area is 181 Å². The van der Waals surface area contributed by atoms with Crippen LogP contribution in [-0.4, -0.2) is 38.0 Å². The molecule has 4 heteroatoms. The van der Waals surface area contributed by atoms with Crippen LogP contribution in [-0.2, 0) is 10.3 Å². The van der Waals surface area contributed by atoms with E-state index in [2.05, 4.69) is 36.5 Å². The predicted octanol–water partition coefficient (Wildman–Crippen LogP) is 5.02. The van der Waals surface area contributed by atoms with Crippen LogP contribution in [0.25, 0.3) is 10.8 Å². The number of ether oxygens (including phenoxy) is 2. The van der Waals surface area contributed by atoms with E-state index in [1.54, 1.807) is 7.11 Å². The number of methoxy groups -OCH3 is 1. The summed E-state index contributed by atoms with van der Waals surface area (Å²) >= 11 is 0. The lowest BCUT2D eigenvalue weighted by Crippen LogP contribution is -2.46. The van der Waals surface area contributed by atoms with Gasteiger partial charge in [0, 0.05) is 11.9 Å². The summed E-state index contributed by atoms with van der Waals surface area (Å²) in [5, 5.41) is 17.9. The molecule has 0 spiro atoms. The maximum Gasteiger partial charge on any atom is 0.127 e. The van der Waals surface area contributed by atoms with Gasteiger partial charge in [0.15, 0.2) is 0 Å². The van der Waals surface area contributed by atoms with Crippen molar-refractivity contribution in [1.82, 2.24) is 5.32 Å². The molecule has 0 aromatic heterocycles. The molecule has 4 nitrogen and oxygen atoms in total. The number of fused-ring (bicyclic) bond motifs is 1. The van der Waals surface area contributed by atoms with Gasteiger partial charge < -0.3 is 19.9 Å². The van der Waals surface area contributed by atoms with Gasteiger partial charge in [-0.3, -0.25) is 0 Å². The van der Waals surface area contributed by atoms with E-state index < -0.39 is 5.60 Å². The Kier molecular flexibility index (Phi) is 6.97. The highest BCUT2D eigenvalue weighted by atomic mass is 16.5. The Hall–Kier alpha value is -1.62. The van der Waals surface area contributed by atoms with Gasteiger partial charge in [-0.2, -0.15) is 0 Å². The van der Waals surface area contributed by atoms with Gasteiger partial charge in [-0.25, -0.2) is 0 Å². The summed E-state index contributed by atoms with van der Waals surface area (Å²) < 4.78 is 12.3. The molecule has 2 fully saturated rings. The number of hydrogen-bond acceptors (Lipinski definition) is 4. The quantitative estimate of drug-likeness (QED) is 0.640. The van der Waals surface area contributed by atoms with Gasteiger partial charge >= 0.3 is 0 Å². The van der Waals surface area contributed by atoms with Crippen LogP contribution in [0.3, 0.4) is 0 Å². The molecule has 2 N–H and O–H groups in total. The molecule has 1 heterocycles. The van der Waals surface area contributed by atoms with Gasteiger partial charge in [-0.05, 0) is 61.1 Å². The Bertz CT molecular complexity index is 825. The largest absolute Gasteiger partial charge is 0.496 e. The first-order valence-corrected chi connectivity index (χ1v) is 11.8. The fraction of sp³-hybridized carbons (Fsp3) is 0.615. The van der Waals surface area contributed by atoms with Gasteiger partial charge in [0.2, 0.25) is 0 Å². The molecule has 2 aromatic carbocycles. The van der Waals surface area contributed by atoms with Gasteiger partial charge in [-0.15, -0.1) is 0 Å². The van der Waals surface area contributed by atoms with Crippen LogP contribution < -0.4 is 10.1 Å². The molecular weight excluding hydrogens is 374 g/mol. The topological polar surface area (TPSA) is 50.7 Å². The van der Waals surface area contributed by atoms with Crippen molar-refractivity contribution in [2.75, 3.05) is 26.8 Å². The molecule has 1 saturated heterocycles. The number of piperidine rings is 1. The number of rotatable bonds is 8. The van der Waals surface area contributed by atoms with E-state index in [1.165, 1.54) is 25.7 Å². The molecule has 0 radical (unpaired) electrons. The van der Waals surface area contributed by atoms with Gasteiger partial charge in [0.1, 0.15) is 11.4 Å². The van der Waals surface area contributed by atoms with E-state index in [-0.39, 0.29) is 12.0 Å². The van der Waals surface area contributed by atoms with E-state index >= 15 is 0 Å². The zero-order valence-electron chi connectivity index (χ0n) is 18.5. The third-order valence-electron chi connectivity index (χ3n) is 7.32. The Morgan fingerprint density at radius 1 is 1.10 bits per heavy atom. The number of nitrogens with one attached hydrogen (secondary N) is 1. The van der Waals surface area contributed by atoms with Crippen molar-refractivity contribution < 1.29 is 14.6 Å². The van der Waals surface area contributed by atoms with Crippen molar-refractivity contribution >= 4 is 10.8 Å². The van der Waals surface area contributed by atoms with E-state index in [9.17, 15) is 5.11 Å². The lowest BCUT2D eigenvalue weighted by atomic mass is 9.78. The van der Waals surface area contributed by atoms with E-state index in [0.717, 1.165) is 54.4 Å². The normalized spacial score (nSPS) is 24.8. The summed E-state index contributed by atoms with van der Waals surface area (Å²) in [5.74, 6) is 1.61. The maximum absolute atomic E-state index is 12.2. The Balaban J connectivity index is 1.69. The minimum Gasteiger partial charge on any atom is -0.496 e. The van der Waals surface area contributed by atoms with Crippen LogP contribution in [0.15, 0.2) is 36.4 Å². The molecule has 1 aliphatic carbocycles. The summed E-state index contributed by atoms with van der Waals surface area (Å²) in [6, 6.07) is 12.3. The van der Waals surface area contributed by atoms with E-state index in [0.29, 0.717) is 12.5 Å². The highest BCUT2D eigenvalue weighted by Crippen LogP contribution is 2.45. The van der Waals surface area contributed by atoms with E-state index in [4.69, 9.17) is 9.47 Å². The van der Waals surface area contributed by atoms with Crippen molar-refractivity contribution in [3.05, 3.63) is 42.0 Å². The molecule has 30 heavy (non-hydrogen) atoms. The average Bonchev–Trinajstić information content (AvgIpc) is 3.33. The van der Waals surface area contributed by atoms with Gasteiger partial charge in [-0.1, -0.05) is 56.5 Å². The standard InChI is InChI=1S/C26H37NO3/c1-3-8-19-15-16-27-17-24(19)30-18-26(28,21-11-4-5-12-21)22-13-6-9-20-10-7-14-23(29-2)25(20)22/h6-7,9-10,13-14,19,21,24,27-28H,3-5,8,11-12,15-18H2,1-2H3. The first-order chi connectivity index (χ1) is 14.7. The highest BCUT2D eigenvalue weighted by Gasteiger charge is 2.42.